The molecule has 0 fully saturated rings. The third kappa shape index (κ3) is 3.94. The predicted octanol–water partition coefficient (Wildman–Crippen LogP) is 2.80. The fraction of sp³-hybridized carbons (Fsp3) is 0.368. The number of hydrogen-bond acceptors (Lipinski definition) is 5. The second-order valence-electron chi connectivity index (χ2n) is 5.63. The summed E-state index contributed by atoms with van der Waals surface area (Å²) >= 11 is 0. The quantitative estimate of drug-likeness (QED) is 0.625. The molecule has 0 saturated heterocycles. The summed E-state index contributed by atoms with van der Waals surface area (Å²) in [4.78, 5) is 0. The van der Waals surface area contributed by atoms with E-state index in [1.807, 2.05) is 42.5 Å². The summed E-state index contributed by atoms with van der Waals surface area (Å²) in [6.45, 7) is 2.13. The largest absolute Gasteiger partial charge is 0.488 e. The molecule has 1 atom stereocenters. The first-order valence-corrected chi connectivity index (χ1v) is 7.95. The van der Waals surface area contributed by atoms with Crippen molar-refractivity contribution >= 4 is 0 Å². The van der Waals surface area contributed by atoms with Crippen LogP contribution in [0.4, 0.5) is 0 Å². The van der Waals surface area contributed by atoms with Crippen molar-refractivity contribution in [2.45, 2.75) is 19.3 Å². The highest BCUT2D eigenvalue weighted by atomic mass is 16.7. The summed E-state index contributed by atoms with van der Waals surface area (Å²) in [6.07, 6.45) is -0.698. The molecule has 1 aliphatic heterocycles. The molecule has 1 N–H and O–H groups in total. The van der Waals surface area contributed by atoms with Crippen LogP contribution in [0.15, 0.2) is 42.5 Å². The van der Waals surface area contributed by atoms with Crippen molar-refractivity contribution in [3.05, 3.63) is 64.7 Å². The van der Waals surface area contributed by atoms with Gasteiger partial charge in [0.25, 0.3) is 0 Å². The molecule has 24 heavy (non-hydrogen) atoms. The van der Waals surface area contributed by atoms with Gasteiger partial charge in [-0.1, -0.05) is 30.3 Å². The van der Waals surface area contributed by atoms with Crippen LogP contribution < -0.4 is 4.74 Å². The maximum absolute atomic E-state index is 10.7. The van der Waals surface area contributed by atoms with Crippen molar-refractivity contribution < 1.29 is 24.1 Å². The molecule has 5 nitrogen and oxygen atoms in total. The van der Waals surface area contributed by atoms with Crippen molar-refractivity contribution in [1.82, 2.24) is 0 Å². The lowest BCUT2D eigenvalue weighted by Crippen LogP contribution is -2.06. The minimum absolute atomic E-state index is 0.211. The lowest BCUT2D eigenvalue weighted by atomic mass is 9.96. The lowest BCUT2D eigenvalue weighted by Gasteiger charge is -2.14. The first-order valence-electron chi connectivity index (χ1n) is 7.95. The van der Waals surface area contributed by atoms with Gasteiger partial charge in [-0.3, -0.25) is 0 Å². The van der Waals surface area contributed by atoms with Gasteiger partial charge >= 0.3 is 0 Å². The number of aliphatic hydroxyl groups excluding tert-OH is 1. The molecule has 2 aromatic carbocycles. The number of benzene rings is 2. The van der Waals surface area contributed by atoms with Crippen LogP contribution in [0.25, 0.3) is 0 Å². The normalized spacial score (nSPS) is 16.0. The van der Waals surface area contributed by atoms with Crippen LogP contribution in [0, 0.1) is 0 Å². The molecule has 0 aromatic heterocycles. The summed E-state index contributed by atoms with van der Waals surface area (Å²) in [7, 11) is 1.63. The molecular formula is C19H22O5. The lowest BCUT2D eigenvalue weighted by molar-refractivity contribution is -0.0725. The van der Waals surface area contributed by atoms with Gasteiger partial charge < -0.3 is 24.1 Å². The van der Waals surface area contributed by atoms with E-state index in [-0.39, 0.29) is 6.79 Å². The molecule has 1 aliphatic rings. The summed E-state index contributed by atoms with van der Waals surface area (Å²) in [5.74, 6) is 0.707. The molecule has 1 heterocycles. The maximum atomic E-state index is 10.7. The Balaban J connectivity index is 1.67. The molecule has 1 unspecified atom stereocenters. The molecule has 0 radical (unpaired) electrons. The Kier molecular flexibility index (Phi) is 5.82. The van der Waals surface area contributed by atoms with Crippen LogP contribution in [0.2, 0.25) is 0 Å². The van der Waals surface area contributed by atoms with Gasteiger partial charge in [-0.15, -0.1) is 0 Å². The fourth-order valence-electron chi connectivity index (χ4n) is 2.71. The minimum Gasteiger partial charge on any atom is -0.488 e. The van der Waals surface area contributed by atoms with E-state index in [0.29, 0.717) is 32.2 Å². The van der Waals surface area contributed by atoms with E-state index in [9.17, 15) is 5.11 Å². The van der Waals surface area contributed by atoms with Gasteiger partial charge in [0.1, 0.15) is 25.3 Å². The van der Waals surface area contributed by atoms with Crippen LogP contribution in [-0.2, 0) is 27.4 Å². The Morgan fingerprint density at radius 3 is 2.83 bits per heavy atom. The first kappa shape index (κ1) is 16.9. The Hall–Kier alpha value is -1.92. The second-order valence-corrected chi connectivity index (χ2v) is 5.63. The fourth-order valence-corrected chi connectivity index (χ4v) is 2.71. The zero-order valence-corrected chi connectivity index (χ0v) is 13.7. The van der Waals surface area contributed by atoms with Crippen molar-refractivity contribution in [3.8, 4) is 5.75 Å². The van der Waals surface area contributed by atoms with E-state index < -0.39 is 6.10 Å². The molecule has 0 spiro atoms. The Morgan fingerprint density at radius 1 is 1.08 bits per heavy atom. The topological polar surface area (TPSA) is 57.2 Å². The predicted molar refractivity (Wildman–Crippen MR) is 88.8 cm³/mol. The molecule has 128 valence electrons. The number of methoxy groups -OCH3 is 1. The average Bonchev–Trinajstić information content (AvgIpc) is 2.76. The number of rotatable bonds is 7. The van der Waals surface area contributed by atoms with E-state index in [1.165, 1.54) is 0 Å². The Morgan fingerprint density at radius 2 is 1.96 bits per heavy atom. The van der Waals surface area contributed by atoms with Crippen LogP contribution in [0.3, 0.4) is 0 Å². The second kappa shape index (κ2) is 8.26. The van der Waals surface area contributed by atoms with Gasteiger partial charge in [0, 0.05) is 12.7 Å². The van der Waals surface area contributed by atoms with E-state index in [4.69, 9.17) is 18.9 Å². The van der Waals surface area contributed by atoms with E-state index in [1.54, 1.807) is 7.11 Å². The molecule has 0 bridgehead atoms. The molecular weight excluding hydrogens is 308 g/mol. The van der Waals surface area contributed by atoms with Crippen LogP contribution >= 0.6 is 0 Å². The SMILES string of the molecule is COCCOCOCc1ccc2c(c1)C(O)c1ccccc1CO2. The monoisotopic (exact) mass is 330 g/mol. The maximum Gasteiger partial charge on any atom is 0.147 e. The van der Waals surface area contributed by atoms with Gasteiger partial charge in [0.15, 0.2) is 0 Å². The molecule has 2 aromatic rings. The van der Waals surface area contributed by atoms with Gasteiger partial charge in [-0.25, -0.2) is 0 Å². The van der Waals surface area contributed by atoms with Crippen molar-refractivity contribution in [2.24, 2.45) is 0 Å². The zero-order valence-electron chi connectivity index (χ0n) is 13.7. The standard InChI is InChI=1S/C19H22O5/c1-21-8-9-22-13-23-11-14-6-7-18-17(10-14)19(20)16-5-3-2-4-15(16)12-24-18/h2-7,10,19-20H,8-9,11-13H2,1H3. The Labute approximate surface area is 141 Å². The van der Waals surface area contributed by atoms with Gasteiger partial charge in [-0.2, -0.15) is 0 Å². The van der Waals surface area contributed by atoms with Gasteiger partial charge in [0.2, 0.25) is 0 Å². The Bertz CT molecular complexity index is 671. The van der Waals surface area contributed by atoms with Gasteiger partial charge in [-0.05, 0) is 28.8 Å². The highest BCUT2D eigenvalue weighted by molar-refractivity contribution is 5.46. The van der Waals surface area contributed by atoms with E-state index in [2.05, 4.69) is 0 Å². The highest BCUT2D eigenvalue weighted by Crippen LogP contribution is 2.36. The summed E-state index contributed by atoms with van der Waals surface area (Å²) in [6, 6.07) is 13.5. The molecule has 3 rings (SSSR count). The number of aliphatic hydroxyl groups is 1. The highest BCUT2D eigenvalue weighted by Gasteiger charge is 2.22. The third-order valence-corrected chi connectivity index (χ3v) is 3.97. The number of hydrogen-bond donors (Lipinski definition) is 1. The molecule has 0 aliphatic carbocycles. The molecule has 0 amide bonds. The van der Waals surface area contributed by atoms with Crippen molar-refractivity contribution in [1.29, 1.82) is 0 Å². The van der Waals surface area contributed by atoms with Crippen LogP contribution in [0.1, 0.15) is 28.4 Å². The average molecular weight is 330 g/mol. The van der Waals surface area contributed by atoms with Crippen molar-refractivity contribution in [3.63, 3.8) is 0 Å². The number of ether oxygens (including phenoxy) is 4. The third-order valence-electron chi connectivity index (χ3n) is 3.97. The smallest absolute Gasteiger partial charge is 0.147 e. The molecule has 5 heteroatoms. The minimum atomic E-state index is -0.698. The number of fused-ring (bicyclic) bond motifs is 2. The molecule has 0 saturated carbocycles. The summed E-state index contributed by atoms with van der Waals surface area (Å²) < 4.78 is 21.5. The zero-order chi connectivity index (χ0) is 16.8. The first-order chi connectivity index (χ1) is 11.8. The summed E-state index contributed by atoms with van der Waals surface area (Å²) in [5, 5.41) is 10.7. The van der Waals surface area contributed by atoms with E-state index >= 15 is 0 Å². The van der Waals surface area contributed by atoms with Crippen LogP contribution in [0.5, 0.6) is 5.75 Å². The van der Waals surface area contributed by atoms with Crippen LogP contribution in [-0.4, -0.2) is 32.2 Å². The van der Waals surface area contributed by atoms with E-state index in [0.717, 1.165) is 22.3 Å². The van der Waals surface area contributed by atoms with Gasteiger partial charge in [0.05, 0.1) is 19.8 Å². The van der Waals surface area contributed by atoms with Crippen molar-refractivity contribution in [2.75, 3.05) is 27.1 Å². The summed E-state index contributed by atoms with van der Waals surface area (Å²) in [5.41, 5.74) is 3.62.